The van der Waals surface area contributed by atoms with Gasteiger partial charge in [0.2, 0.25) is 15.9 Å². The minimum atomic E-state index is -3.66. The summed E-state index contributed by atoms with van der Waals surface area (Å²) in [4.78, 5) is 12.3. The van der Waals surface area contributed by atoms with Gasteiger partial charge in [-0.25, -0.2) is 12.8 Å². The first kappa shape index (κ1) is 19.7. The molecule has 0 aliphatic heterocycles. The number of hydrogen-bond donors (Lipinski definition) is 1. The fraction of sp³-hybridized carbons (Fsp3) is 0.278. The predicted octanol–water partition coefficient (Wildman–Crippen LogP) is 2.48. The SMILES string of the molecule is COc1ccc(N(CC(=O)N[C@@H](C)c2ccc(F)cc2)S(C)(=O)=O)cc1. The van der Waals surface area contributed by atoms with E-state index in [0.717, 1.165) is 16.1 Å². The highest BCUT2D eigenvalue weighted by Gasteiger charge is 2.22. The molecule has 1 amide bonds. The number of carbonyl (C=O) groups is 1. The fourth-order valence-electron chi connectivity index (χ4n) is 2.40. The lowest BCUT2D eigenvalue weighted by atomic mass is 10.1. The van der Waals surface area contributed by atoms with Gasteiger partial charge in [0.1, 0.15) is 18.1 Å². The lowest BCUT2D eigenvalue weighted by Gasteiger charge is -2.23. The maximum Gasteiger partial charge on any atom is 0.241 e. The van der Waals surface area contributed by atoms with Gasteiger partial charge in [0.25, 0.3) is 0 Å². The molecule has 0 saturated carbocycles. The van der Waals surface area contributed by atoms with E-state index in [1.165, 1.54) is 19.2 Å². The van der Waals surface area contributed by atoms with Crippen molar-refractivity contribution in [3.8, 4) is 5.75 Å². The van der Waals surface area contributed by atoms with Crippen LogP contribution in [0.25, 0.3) is 0 Å². The molecule has 0 aliphatic carbocycles. The summed E-state index contributed by atoms with van der Waals surface area (Å²) in [5.41, 5.74) is 1.08. The highest BCUT2D eigenvalue weighted by molar-refractivity contribution is 7.92. The molecule has 26 heavy (non-hydrogen) atoms. The molecule has 0 aliphatic rings. The highest BCUT2D eigenvalue weighted by atomic mass is 32.2. The van der Waals surface area contributed by atoms with E-state index in [1.807, 2.05) is 0 Å². The first-order valence-corrected chi connectivity index (χ1v) is 9.72. The Labute approximate surface area is 152 Å². The number of ether oxygens (including phenoxy) is 1. The Kier molecular flexibility index (Phi) is 6.20. The Bertz CT molecular complexity index is 852. The van der Waals surface area contributed by atoms with Crippen LogP contribution in [-0.2, 0) is 14.8 Å². The molecule has 1 N–H and O–H groups in total. The molecule has 0 fully saturated rings. The molecule has 0 aromatic heterocycles. The summed E-state index contributed by atoms with van der Waals surface area (Å²) in [6.45, 7) is 1.38. The van der Waals surface area contributed by atoms with Crippen LogP contribution in [-0.4, -0.2) is 34.2 Å². The van der Waals surface area contributed by atoms with Crippen LogP contribution in [0, 0.1) is 5.82 Å². The Morgan fingerprint density at radius 3 is 2.23 bits per heavy atom. The molecule has 0 spiro atoms. The van der Waals surface area contributed by atoms with Crippen molar-refractivity contribution in [2.45, 2.75) is 13.0 Å². The zero-order chi connectivity index (χ0) is 19.3. The number of halogens is 1. The zero-order valence-electron chi connectivity index (χ0n) is 14.8. The summed E-state index contributed by atoms with van der Waals surface area (Å²) in [7, 11) is -2.15. The second-order valence-electron chi connectivity index (χ2n) is 5.81. The van der Waals surface area contributed by atoms with Crippen molar-refractivity contribution in [1.82, 2.24) is 5.32 Å². The number of carbonyl (C=O) groups excluding carboxylic acids is 1. The molecule has 2 aromatic rings. The van der Waals surface area contributed by atoms with Gasteiger partial charge >= 0.3 is 0 Å². The van der Waals surface area contributed by atoms with E-state index in [-0.39, 0.29) is 18.4 Å². The van der Waals surface area contributed by atoms with Gasteiger partial charge in [-0.2, -0.15) is 0 Å². The van der Waals surface area contributed by atoms with Gasteiger partial charge in [0.05, 0.1) is 25.1 Å². The van der Waals surface area contributed by atoms with Crippen LogP contribution < -0.4 is 14.4 Å². The number of sulfonamides is 1. The van der Waals surface area contributed by atoms with Crippen LogP contribution in [0.2, 0.25) is 0 Å². The lowest BCUT2D eigenvalue weighted by molar-refractivity contribution is -0.120. The third-order valence-corrected chi connectivity index (χ3v) is 4.94. The standard InChI is InChI=1S/C18H21FN2O4S/c1-13(14-4-6-15(19)7-5-14)20-18(22)12-21(26(3,23)24)16-8-10-17(25-2)11-9-16/h4-11,13H,12H2,1-3H3,(H,20,22)/t13-/m0/s1. The Balaban J connectivity index is 2.12. The van der Waals surface area contributed by atoms with Crippen LogP contribution in [0.3, 0.4) is 0 Å². The van der Waals surface area contributed by atoms with Gasteiger partial charge in [-0.3, -0.25) is 9.10 Å². The number of rotatable bonds is 7. The highest BCUT2D eigenvalue weighted by Crippen LogP contribution is 2.21. The van der Waals surface area contributed by atoms with Crippen molar-refractivity contribution in [3.63, 3.8) is 0 Å². The molecule has 1 atom stereocenters. The first-order chi connectivity index (χ1) is 12.2. The van der Waals surface area contributed by atoms with E-state index in [4.69, 9.17) is 4.74 Å². The third kappa shape index (κ3) is 5.19. The van der Waals surface area contributed by atoms with Gasteiger partial charge in [-0.1, -0.05) is 12.1 Å². The second kappa shape index (κ2) is 8.18. The molecule has 6 nitrogen and oxygen atoms in total. The second-order valence-corrected chi connectivity index (χ2v) is 7.72. The van der Waals surface area contributed by atoms with Crippen LogP contribution >= 0.6 is 0 Å². The van der Waals surface area contributed by atoms with E-state index in [1.54, 1.807) is 43.3 Å². The largest absolute Gasteiger partial charge is 0.497 e. The Hall–Kier alpha value is -2.61. The van der Waals surface area contributed by atoms with Crippen LogP contribution in [0.15, 0.2) is 48.5 Å². The molecule has 2 rings (SSSR count). The number of benzene rings is 2. The summed E-state index contributed by atoms with van der Waals surface area (Å²) < 4.78 is 43.2. The number of amides is 1. The van der Waals surface area contributed by atoms with Crippen molar-refractivity contribution in [2.24, 2.45) is 0 Å². The molecule has 0 heterocycles. The van der Waals surface area contributed by atoms with Crippen molar-refractivity contribution >= 4 is 21.6 Å². The zero-order valence-corrected chi connectivity index (χ0v) is 15.6. The van der Waals surface area contributed by atoms with E-state index < -0.39 is 15.9 Å². The lowest BCUT2D eigenvalue weighted by Crippen LogP contribution is -2.41. The van der Waals surface area contributed by atoms with Crippen LogP contribution in [0.4, 0.5) is 10.1 Å². The Morgan fingerprint density at radius 1 is 1.15 bits per heavy atom. The monoisotopic (exact) mass is 380 g/mol. The van der Waals surface area contributed by atoms with E-state index >= 15 is 0 Å². The summed E-state index contributed by atoms with van der Waals surface area (Å²) in [5.74, 6) is -0.255. The molecule has 0 bridgehead atoms. The van der Waals surface area contributed by atoms with Gasteiger partial charge in [0.15, 0.2) is 0 Å². The quantitative estimate of drug-likeness (QED) is 0.801. The Morgan fingerprint density at radius 2 is 1.73 bits per heavy atom. The van der Waals surface area contributed by atoms with Gasteiger partial charge < -0.3 is 10.1 Å². The summed E-state index contributed by atoms with van der Waals surface area (Å²) in [6, 6.07) is 11.7. The smallest absolute Gasteiger partial charge is 0.241 e. The van der Waals surface area contributed by atoms with E-state index in [9.17, 15) is 17.6 Å². The van der Waals surface area contributed by atoms with Crippen LogP contribution in [0.5, 0.6) is 5.75 Å². The van der Waals surface area contributed by atoms with E-state index in [0.29, 0.717) is 11.4 Å². The minimum absolute atomic E-state index is 0.359. The summed E-state index contributed by atoms with van der Waals surface area (Å²) in [5, 5.41) is 2.72. The van der Waals surface area contributed by atoms with Gasteiger partial charge in [-0.15, -0.1) is 0 Å². The molecule has 0 saturated heterocycles. The maximum absolute atomic E-state index is 13.0. The van der Waals surface area contributed by atoms with Crippen LogP contribution in [0.1, 0.15) is 18.5 Å². The average Bonchev–Trinajstić information content (AvgIpc) is 2.59. The maximum atomic E-state index is 13.0. The van der Waals surface area contributed by atoms with Crippen molar-refractivity contribution in [1.29, 1.82) is 0 Å². The normalized spacial score (nSPS) is 12.3. The molecule has 2 aromatic carbocycles. The minimum Gasteiger partial charge on any atom is -0.497 e. The average molecular weight is 380 g/mol. The van der Waals surface area contributed by atoms with Crippen molar-refractivity contribution < 1.29 is 22.3 Å². The van der Waals surface area contributed by atoms with Crippen molar-refractivity contribution in [2.75, 3.05) is 24.2 Å². The number of hydrogen-bond acceptors (Lipinski definition) is 4. The molecular formula is C18H21FN2O4S. The molecular weight excluding hydrogens is 359 g/mol. The topological polar surface area (TPSA) is 75.7 Å². The first-order valence-electron chi connectivity index (χ1n) is 7.87. The summed E-state index contributed by atoms with van der Waals surface area (Å²) in [6.07, 6.45) is 1.04. The van der Waals surface area contributed by atoms with Crippen molar-refractivity contribution in [3.05, 3.63) is 59.9 Å². The van der Waals surface area contributed by atoms with Gasteiger partial charge in [-0.05, 0) is 48.9 Å². The molecule has 0 unspecified atom stereocenters. The number of nitrogens with zero attached hydrogens (tertiary/aromatic N) is 1. The third-order valence-electron chi connectivity index (χ3n) is 3.80. The molecule has 0 radical (unpaired) electrons. The predicted molar refractivity (Wildman–Crippen MR) is 98.1 cm³/mol. The summed E-state index contributed by atoms with van der Waals surface area (Å²) >= 11 is 0. The van der Waals surface area contributed by atoms with E-state index in [2.05, 4.69) is 5.32 Å². The fourth-order valence-corrected chi connectivity index (χ4v) is 3.26. The number of methoxy groups -OCH3 is 1. The molecule has 8 heteroatoms. The number of nitrogens with one attached hydrogen (secondary N) is 1. The number of anilines is 1. The molecule has 140 valence electrons. The van der Waals surface area contributed by atoms with Gasteiger partial charge in [0, 0.05) is 0 Å².